The lowest BCUT2D eigenvalue weighted by Crippen LogP contribution is -2.14. The summed E-state index contributed by atoms with van der Waals surface area (Å²) in [6.07, 6.45) is 7.10. The normalized spacial score (nSPS) is 13.5. The fourth-order valence-electron chi connectivity index (χ4n) is 3.57. The number of aryl methyl sites for hydroxylation is 2. The molecule has 4 rings (SSSR count). The van der Waals surface area contributed by atoms with Crippen LogP contribution in [0.15, 0.2) is 47.5 Å². The van der Waals surface area contributed by atoms with Gasteiger partial charge in [0.2, 0.25) is 5.88 Å². The number of hydrogen-bond acceptors (Lipinski definition) is 7. The third kappa shape index (κ3) is 4.59. The zero-order valence-corrected chi connectivity index (χ0v) is 17.9. The third-order valence-electron chi connectivity index (χ3n) is 5.04. The Balaban J connectivity index is 1.56. The first-order valence-electron chi connectivity index (χ1n) is 9.92. The summed E-state index contributed by atoms with van der Waals surface area (Å²) in [5.74, 6) is 2.48. The van der Waals surface area contributed by atoms with Crippen molar-refractivity contribution >= 4 is 15.7 Å². The predicted molar refractivity (Wildman–Crippen MR) is 115 cm³/mol. The van der Waals surface area contributed by atoms with E-state index < -0.39 is 9.84 Å². The lowest BCUT2D eigenvalue weighted by Gasteiger charge is -2.19. The number of anilines is 1. The van der Waals surface area contributed by atoms with Crippen LogP contribution in [0.4, 0.5) is 5.82 Å². The Morgan fingerprint density at radius 1 is 1.10 bits per heavy atom. The first-order chi connectivity index (χ1) is 14.4. The van der Waals surface area contributed by atoms with Gasteiger partial charge in [-0.25, -0.2) is 23.4 Å². The van der Waals surface area contributed by atoms with Crippen molar-refractivity contribution in [3.05, 3.63) is 65.2 Å². The minimum atomic E-state index is -3.31. The van der Waals surface area contributed by atoms with Gasteiger partial charge in [-0.05, 0) is 56.9 Å². The van der Waals surface area contributed by atoms with Crippen LogP contribution in [-0.2, 0) is 29.2 Å². The minimum Gasteiger partial charge on any atom is -0.439 e. The number of benzene rings is 1. The number of ether oxygens (including phenoxy) is 1. The highest BCUT2D eigenvalue weighted by atomic mass is 32.2. The van der Waals surface area contributed by atoms with Crippen LogP contribution in [0.5, 0.6) is 11.6 Å². The molecule has 2 heterocycles. The van der Waals surface area contributed by atoms with Gasteiger partial charge in [-0.1, -0.05) is 12.1 Å². The van der Waals surface area contributed by atoms with Crippen molar-refractivity contribution in [2.75, 3.05) is 11.6 Å². The predicted octanol–water partition coefficient (Wildman–Crippen LogP) is 3.87. The molecule has 1 aliphatic rings. The number of nitrogens with one attached hydrogen (secondary N) is 1. The van der Waals surface area contributed by atoms with Gasteiger partial charge < -0.3 is 10.1 Å². The molecule has 0 saturated heterocycles. The summed E-state index contributed by atoms with van der Waals surface area (Å²) < 4.78 is 29.6. The smallest absolute Gasteiger partial charge is 0.224 e. The van der Waals surface area contributed by atoms with Gasteiger partial charge in [0.1, 0.15) is 17.4 Å². The van der Waals surface area contributed by atoms with Crippen LogP contribution in [0.25, 0.3) is 0 Å². The molecule has 0 bridgehead atoms. The average molecular weight is 425 g/mol. The molecule has 3 aromatic rings. The van der Waals surface area contributed by atoms with Gasteiger partial charge in [-0.2, -0.15) is 0 Å². The third-order valence-corrected chi connectivity index (χ3v) is 6.15. The number of sulfone groups is 1. The molecule has 0 radical (unpaired) electrons. The first kappa shape index (κ1) is 20.3. The van der Waals surface area contributed by atoms with Crippen molar-refractivity contribution in [3.8, 4) is 11.6 Å². The highest BCUT2D eigenvalue weighted by Gasteiger charge is 2.17. The second-order valence-electron chi connectivity index (χ2n) is 7.42. The van der Waals surface area contributed by atoms with Crippen LogP contribution < -0.4 is 10.1 Å². The molecule has 2 aromatic heterocycles. The molecule has 0 unspecified atom stereocenters. The SMILES string of the molecule is Cc1nc2c(c(NCc3cccnc3Oc3cccc(S(C)(=O)=O)c3)n1)CCCC2. The van der Waals surface area contributed by atoms with Gasteiger partial charge in [0, 0.05) is 35.8 Å². The van der Waals surface area contributed by atoms with Crippen LogP contribution in [-0.4, -0.2) is 29.6 Å². The van der Waals surface area contributed by atoms with Gasteiger partial charge in [0.05, 0.1) is 4.90 Å². The maximum Gasteiger partial charge on any atom is 0.224 e. The average Bonchev–Trinajstić information content (AvgIpc) is 2.72. The summed E-state index contributed by atoms with van der Waals surface area (Å²) in [7, 11) is -3.31. The van der Waals surface area contributed by atoms with Crippen molar-refractivity contribution in [1.29, 1.82) is 0 Å². The van der Waals surface area contributed by atoms with E-state index in [1.807, 2.05) is 19.1 Å². The monoisotopic (exact) mass is 424 g/mol. The zero-order chi connectivity index (χ0) is 21.1. The molecule has 0 spiro atoms. The van der Waals surface area contributed by atoms with Crippen LogP contribution in [0.1, 0.15) is 35.5 Å². The largest absolute Gasteiger partial charge is 0.439 e. The molecule has 8 heteroatoms. The van der Waals surface area contributed by atoms with Crippen LogP contribution in [0, 0.1) is 6.92 Å². The maximum atomic E-state index is 11.8. The van der Waals surface area contributed by atoms with Crippen molar-refractivity contribution < 1.29 is 13.2 Å². The van der Waals surface area contributed by atoms with E-state index in [4.69, 9.17) is 4.74 Å². The molecule has 1 N–H and O–H groups in total. The fraction of sp³-hybridized carbons (Fsp3) is 0.318. The molecule has 7 nitrogen and oxygen atoms in total. The number of rotatable bonds is 6. The second-order valence-corrected chi connectivity index (χ2v) is 9.44. The summed E-state index contributed by atoms with van der Waals surface area (Å²) in [4.78, 5) is 13.7. The lowest BCUT2D eigenvalue weighted by molar-refractivity contribution is 0.455. The maximum absolute atomic E-state index is 11.8. The molecule has 1 aromatic carbocycles. The van der Waals surface area contributed by atoms with Gasteiger partial charge in [-0.15, -0.1) is 0 Å². The molecule has 156 valence electrons. The second kappa shape index (κ2) is 8.39. The van der Waals surface area contributed by atoms with Crippen LogP contribution in [0.3, 0.4) is 0 Å². The highest BCUT2D eigenvalue weighted by molar-refractivity contribution is 7.90. The van der Waals surface area contributed by atoms with Crippen molar-refractivity contribution in [2.24, 2.45) is 0 Å². The number of fused-ring (bicyclic) bond motifs is 1. The zero-order valence-electron chi connectivity index (χ0n) is 17.1. The number of pyridine rings is 1. The summed E-state index contributed by atoms with van der Waals surface area (Å²) >= 11 is 0. The standard InChI is InChI=1S/C22H24N4O3S/c1-15-25-20-11-4-3-10-19(20)21(26-15)24-14-16-7-6-12-23-22(16)29-17-8-5-9-18(13-17)30(2,27)28/h5-9,12-13H,3-4,10-11,14H2,1-2H3,(H,24,25,26). The van der Waals surface area contributed by atoms with E-state index in [0.29, 0.717) is 18.2 Å². The van der Waals surface area contributed by atoms with Crippen molar-refractivity contribution in [3.63, 3.8) is 0 Å². The van der Waals surface area contributed by atoms with E-state index >= 15 is 0 Å². The summed E-state index contributed by atoms with van der Waals surface area (Å²) in [6, 6.07) is 10.2. The molecular formula is C22H24N4O3S. The summed E-state index contributed by atoms with van der Waals surface area (Å²) in [5.41, 5.74) is 3.18. The molecule has 0 fully saturated rings. The number of aromatic nitrogens is 3. The van der Waals surface area contributed by atoms with E-state index in [-0.39, 0.29) is 4.90 Å². The Bertz CT molecular complexity index is 1180. The Morgan fingerprint density at radius 3 is 2.77 bits per heavy atom. The van der Waals surface area contributed by atoms with Gasteiger partial charge in [0.25, 0.3) is 0 Å². The Labute approximate surface area is 176 Å². The van der Waals surface area contributed by atoms with Gasteiger partial charge in [0.15, 0.2) is 9.84 Å². The van der Waals surface area contributed by atoms with E-state index in [9.17, 15) is 8.42 Å². The van der Waals surface area contributed by atoms with Gasteiger partial charge >= 0.3 is 0 Å². The Kier molecular flexibility index (Phi) is 5.67. The quantitative estimate of drug-likeness (QED) is 0.642. The van der Waals surface area contributed by atoms with E-state index in [2.05, 4.69) is 20.3 Å². The van der Waals surface area contributed by atoms with E-state index in [1.165, 1.54) is 17.9 Å². The highest BCUT2D eigenvalue weighted by Crippen LogP contribution is 2.28. The first-order valence-corrected chi connectivity index (χ1v) is 11.8. The lowest BCUT2D eigenvalue weighted by atomic mass is 9.96. The molecule has 0 amide bonds. The molecule has 0 atom stereocenters. The van der Waals surface area contributed by atoms with E-state index in [0.717, 1.165) is 48.6 Å². The minimum absolute atomic E-state index is 0.207. The topological polar surface area (TPSA) is 94.1 Å². The molecule has 0 saturated carbocycles. The number of nitrogens with zero attached hydrogens (tertiary/aromatic N) is 3. The molecule has 1 aliphatic carbocycles. The summed E-state index contributed by atoms with van der Waals surface area (Å²) in [6.45, 7) is 2.39. The van der Waals surface area contributed by atoms with Crippen LogP contribution >= 0.6 is 0 Å². The molecule has 30 heavy (non-hydrogen) atoms. The van der Waals surface area contributed by atoms with Crippen molar-refractivity contribution in [2.45, 2.75) is 44.0 Å². The van der Waals surface area contributed by atoms with E-state index in [1.54, 1.807) is 24.4 Å². The Morgan fingerprint density at radius 2 is 1.93 bits per heavy atom. The molecule has 0 aliphatic heterocycles. The van der Waals surface area contributed by atoms with Gasteiger partial charge in [-0.3, -0.25) is 0 Å². The van der Waals surface area contributed by atoms with Crippen molar-refractivity contribution in [1.82, 2.24) is 15.0 Å². The van der Waals surface area contributed by atoms with Crippen LogP contribution in [0.2, 0.25) is 0 Å². The summed E-state index contributed by atoms with van der Waals surface area (Å²) in [5, 5.41) is 3.42. The number of hydrogen-bond donors (Lipinski definition) is 1. The molecular weight excluding hydrogens is 400 g/mol. The fourth-order valence-corrected chi connectivity index (χ4v) is 4.23. The Hall–Kier alpha value is -3.00.